The van der Waals surface area contributed by atoms with Gasteiger partial charge in [-0.05, 0) is 73.5 Å². The molecule has 0 radical (unpaired) electrons. The van der Waals surface area contributed by atoms with Crippen molar-refractivity contribution in [1.29, 1.82) is 0 Å². The first-order valence-electron chi connectivity index (χ1n) is 11.8. The Morgan fingerprint density at radius 2 is 1.97 bits per heavy atom. The second-order valence-electron chi connectivity index (χ2n) is 10.2. The summed E-state index contributed by atoms with van der Waals surface area (Å²) < 4.78 is 42.2. The highest BCUT2D eigenvalue weighted by Crippen LogP contribution is 2.60. The highest BCUT2D eigenvalue weighted by Gasteiger charge is 2.61. The number of aryl methyl sites for hydroxylation is 1. The van der Waals surface area contributed by atoms with E-state index >= 15 is 0 Å². The van der Waals surface area contributed by atoms with Gasteiger partial charge in [0.1, 0.15) is 0 Å². The van der Waals surface area contributed by atoms with Gasteiger partial charge in [0.15, 0.2) is 0 Å². The Balaban J connectivity index is 1.65. The van der Waals surface area contributed by atoms with Gasteiger partial charge in [0.25, 0.3) is 0 Å². The van der Waals surface area contributed by atoms with Crippen molar-refractivity contribution in [2.75, 3.05) is 12.4 Å². The Hall–Kier alpha value is -2.05. The summed E-state index contributed by atoms with van der Waals surface area (Å²) in [5, 5.41) is 2.82. The lowest BCUT2D eigenvalue weighted by atomic mass is 9.49. The van der Waals surface area contributed by atoms with Gasteiger partial charge in [-0.15, -0.1) is 0 Å². The number of alkyl halides is 3. The molecule has 2 amide bonds. The summed E-state index contributed by atoms with van der Waals surface area (Å²) in [7, 11) is 1.82. The lowest BCUT2D eigenvalue weighted by Gasteiger charge is -2.60. The summed E-state index contributed by atoms with van der Waals surface area (Å²) in [5.41, 5.74) is 1.34. The van der Waals surface area contributed by atoms with E-state index < -0.39 is 23.9 Å². The van der Waals surface area contributed by atoms with Crippen molar-refractivity contribution in [3.05, 3.63) is 29.8 Å². The maximum atomic E-state index is 14.1. The molecule has 5 unspecified atom stereocenters. The summed E-state index contributed by atoms with van der Waals surface area (Å²) in [5.74, 6) is -3.45. The zero-order valence-corrected chi connectivity index (χ0v) is 19.0. The maximum absolute atomic E-state index is 14.1. The predicted octanol–water partition coefficient (Wildman–Crippen LogP) is 5.43. The number of nitrogens with zero attached hydrogens (tertiary/aromatic N) is 1. The molecule has 1 aromatic rings. The van der Waals surface area contributed by atoms with E-state index in [4.69, 9.17) is 0 Å². The molecule has 2 aliphatic carbocycles. The van der Waals surface area contributed by atoms with Crippen LogP contribution in [0, 0.1) is 29.1 Å². The van der Waals surface area contributed by atoms with Gasteiger partial charge in [0, 0.05) is 25.2 Å². The fraction of sp³-hybridized carbons (Fsp3) is 0.680. The minimum absolute atomic E-state index is 0.00752. The Labute approximate surface area is 187 Å². The molecule has 0 aromatic heterocycles. The number of anilines is 1. The number of carbonyl (C=O) groups excluding carboxylic acids is 2. The Morgan fingerprint density at radius 1 is 1.22 bits per heavy atom. The van der Waals surface area contributed by atoms with Gasteiger partial charge in [-0.25, -0.2) is 0 Å². The normalized spacial score (nSPS) is 35.1. The fourth-order valence-electron chi connectivity index (χ4n) is 6.98. The highest BCUT2D eigenvalue weighted by atomic mass is 19.4. The van der Waals surface area contributed by atoms with Gasteiger partial charge >= 0.3 is 6.18 Å². The SMILES string of the molecule is CCc1cccc(NC(=O)C2C3CCC4N(C)C(=O)CC[C@]4(C)C3CCC2C(F)(F)F)c1. The molecule has 7 heteroatoms. The first-order chi connectivity index (χ1) is 15.1. The molecule has 1 aliphatic heterocycles. The summed E-state index contributed by atoms with van der Waals surface area (Å²) in [6.07, 6.45) is -0.884. The van der Waals surface area contributed by atoms with E-state index in [1.807, 2.05) is 32.2 Å². The van der Waals surface area contributed by atoms with E-state index in [1.54, 1.807) is 11.0 Å². The van der Waals surface area contributed by atoms with Gasteiger partial charge in [-0.2, -0.15) is 13.2 Å². The fourth-order valence-corrected chi connectivity index (χ4v) is 6.98. The quantitative estimate of drug-likeness (QED) is 0.668. The Morgan fingerprint density at radius 3 is 2.66 bits per heavy atom. The number of hydrogen-bond donors (Lipinski definition) is 1. The maximum Gasteiger partial charge on any atom is 0.392 e. The molecule has 32 heavy (non-hydrogen) atoms. The van der Waals surface area contributed by atoms with E-state index in [9.17, 15) is 22.8 Å². The molecule has 1 N–H and O–H groups in total. The summed E-state index contributed by atoms with van der Waals surface area (Å²) in [6, 6.07) is 7.37. The zero-order chi connectivity index (χ0) is 23.3. The largest absolute Gasteiger partial charge is 0.392 e. The molecule has 2 saturated carbocycles. The monoisotopic (exact) mass is 450 g/mol. The van der Waals surface area contributed by atoms with Gasteiger partial charge in [0.2, 0.25) is 11.8 Å². The van der Waals surface area contributed by atoms with Crippen LogP contribution in [0.3, 0.4) is 0 Å². The molecular formula is C25H33F3N2O2. The third-order valence-electron chi connectivity index (χ3n) is 8.65. The number of benzene rings is 1. The van der Waals surface area contributed by atoms with E-state index in [0.717, 1.165) is 12.0 Å². The molecule has 6 atom stereocenters. The number of fused-ring (bicyclic) bond motifs is 3. The van der Waals surface area contributed by atoms with Crippen LogP contribution in [0.25, 0.3) is 0 Å². The van der Waals surface area contributed by atoms with E-state index in [2.05, 4.69) is 12.2 Å². The molecule has 176 valence electrons. The van der Waals surface area contributed by atoms with Crippen LogP contribution < -0.4 is 5.32 Å². The van der Waals surface area contributed by atoms with Crippen molar-refractivity contribution < 1.29 is 22.8 Å². The van der Waals surface area contributed by atoms with Gasteiger partial charge in [-0.3, -0.25) is 9.59 Å². The minimum Gasteiger partial charge on any atom is -0.342 e. The number of likely N-dealkylation sites (tertiary alicyclic amines) is 1. The molecular weight excluding hydrogens is 417 g/mol. The van der Waals surface area contributed by atoms with E-state index in [0.29, 0.717) is 37.8 Å². The van der Waals surface area contributed by atoms with Gasteiger partial charge in [0.05, 0.1) is 11.8 Å². The Kier molecular flexibility index (Phi) is 6.05. The molecule has 0 spiro atoms. The van der Waals surface area contributed by atoms with Crippen molar-refractivity contribution in [3.8, 4) is 0 Å². The summed E-state index contributed by atoms with van der Waals surface area (Å²) >= 11 is 0. The van der Waals surface area contributed by atoms with Crippen LogP contribution in [0.15, 0.2) is 24.3 Å². The third-order valence-corrected chi connectivity index (χ3v) is 8.65. The molecule has 3 fully saturated rings. The van der Waals surface area contributed by atoms with Gasteiger partial charge < -0.3 is 10.2 Å². The number of halogens is 3. The van der Waals surface area contributed by atoms with Crippen molar-refractivity contribution in [3.63, 3.8) is 0 Å². The second-order valence-corrected chi connectivity index (χ2v) is 10.2. The number of amides is 2. The summed E-state index contributed by atoms with van der Waals surface area (Å²) in [4.78, 5) is 27.5. The van der Waals surface area contributed by atoms with Gasteiger partial charge in [-0.1, -0.05) is 26.0 Å². The van der Waals surface area contributed by atoms with Crippen LogP contribution in [-0.2, 0) is 16.0 Å². The first-order valence-corrected chi connectivity index (χ1v) is 11.8. The van der Waals surface area contributed by atoms with Crippen LogP contribution in [0.5, 0.6) is 0 Å². The predicted molar refractivity (Wildman–Crippen MR) is 117 cm³/mol. The van der Waals surface area contributed by atoms with Crippen molar-refractivity contribution >= 4 is 17.5 Å². The average Bonchev–Trinajstić information content (AvgIpc) is 2.75. The molecule has 0 bridgehead atoms. The number of rotatable bonds is 3. The molecule has 1 saturated heterocycles. The van der Waals surface area contributed by atoms with Crippen molar-refractivity contribution in [2.24, 2.45) is 29.1 Å². The smallest absolute Gasteiger partial charge is 0.342 e. The van der Waals surface area contributed by atoms with Crippen molar-refractivity contribution in [2.45, 2.75) is 71.0 Å². The standard InChI is InChI=1S/C25H33F3N2O2/c1-4-15-6-5-7-16(14-15)29-23(32)22-17-8-11-20-24(2,13-12-21(31)30(20)3)18(17)9-10-19(22)25(26,27)28/h5-7,14,17-20,22H,4,8-13H2,1-3H3,(H,29,32)/t17?,18?,19?,20?,22?,24-/m1/s1. The Bertz CT molecular complexity index is 886. The first kappa shape index (κ1) is 23.1. The highest BCUT2D eigenvalue weighted by molar-refractivity contribution is 5.93. The third kappa shape index (κ3) is 3.92. The molecule has 1 aromatic carbocycles. The molecule has 3 aliphatic rings. The second kappa shape index (κ2) is 8.38. The molecule has 4 nitrogen and oxygen atoms in total. The number of piperidine rings is 1. The van der Waals surface area contributed by atoms with Crippen LogP contribution in [0.2, 0.25) is 0 Å². The minimum atomic E-state index is -4.41. The van der Waals surface area contributed by atoms with Crippen LogP contribution in [-0.4, -0.2) is 36.0 Å². The summed E-state index contributed by atoms with van der Waals surface area (Å²) in [6.45, 7) is 4.13. The number of hydrogen-bond acceptors (Lipinski definition) is 2. The lowest BCUT2D eigenvalue weighted by molar-refractivity contribution is -0.219. The molecule has 4 rings (SSSR count). The van der Waals surface area contributed by atoms with Crippen LogP contribution in [0.4, 0.5) is 18.9 Å². The van der Waals surface area contributed by atoms with E-state index in [1.165, 1.54) is 0 Å². The number of carbonyl (C=O) groups is 2. The number of nitrogens with one attached hydrogen (secondary N) is 1. The molecule has 1 heterocycles. The van der Waals surface area contributed by atoms with Crippen molar-refractivity contribution in [1.82, 2.24) is 4.90 Å². The topological polar surface area (TPSA) is 49.4 Å². The average molecular weight is 451 g/mol. The zero-order valence-electron chi connectivity index (χ0n) is 19.0. The van der Waals surface area contributed by atoms with Crippen LogP contribution >= 0.6 is 0 Å². The van der Waals surface area contributed by atoms with Crippen LogP contribution in [0.1, 0.15) is 57.9 Å². The lowest BCUT2D eigenvalue weighted by Crippen LogP contribution is -2.62. The van der Waals surface area contributed by atoms with E-state index in [-0.39, 0.29) is 35.6 Å².